The van der Waals surface area contributed by atoms with E-state index in [-0.39, 0.29) is 23.8 Å². The van der Waals surface area contributed by atoms with Crippen LogP contribution in [0, 0.1) is 5.82 Å². The highest BCUT2D eigenvalue weighted by molar-refractivity contribution is 7.81. The van der Waals surface area contributed by atoms with E-state index >= 15 is 0 Å². The molecule has 2 heterocycles. The molecule has 1 fully saturated rings. The van der Waals surface area contributed by atoms with Crippen molar-refractivity contribution in [3.8, 4) is 0 Å². The number of halogens is 1. The van der Waals surface area contributed by atoms with Crippen molar-refractivity contribution in [3.05, 3.63) is 47.0 Å². The minimum Gasteiger partial charge on any atom is -0.481 e. The fourth-order valence-corrected chi connectivity index (χ4v) is 3.58. The van der Waals surface area contributed by atoms with Crippen LogP contribution in [0.1, 0.15) is 30.3 Å². The van der Waals surface area contributed by atoms with E-state index in [2.05, 4.69) is 28.0 Å². The van der Waals surface area contributed by atoms with Gasteiger partial charge in [-0.25, -0.2) is 9.18 Å². The second kappa shape index (κ2) is 9.81. The number of piperidine rings is 1. The highest BCUT2D eigenvalue weighted by Gasteiger charge is 2.34. The summed E-state index contributed by atoms with van der Waals surface area (Å²) < 4.78 is 19.3. The van der Waals surface area contributed by atoms with E-state index in [1.807, 2.05) is 4.90 Å². The number of carboxylic acids is 1. The van der Waals surface area contributed by atoms with Crippen molar-refractivity contribution in [1.29, 1.82) is 0 Å². The predicted octanol–water partition coefficient (Wildman–Crippen LogP) is 1.59. The zero-order chi connectivity index (χ0) is 21.7. The maximum Gasteiger partial charge on any atom is 0.327 e. The van der Waals surface area contributed by atoms with E-state index < -0.39 is 23.8 Å². The molecule has 2 unspecified atom stereocenters. The molecule has 0 bridgehead atoms. The monoisotopic (exact) mass is 435 g/mol. The van der Waals surface area contributed by atoms with E-state index in [9.17, 15) is 14.0 Å². The van der Waals surface area contributed by atoms with Crippen LogP contribution in [0.25, 0.3) is 6.08 Å². The van der Waals surface area contributed by atoms with Crippen molar-refractivity contribution < 1.29 is 23.8 Å². The quantitative estimate of drug-likeness (QED) is 0.498. The topological polar surface area (TPSA) is 110 Å². The van der Waals surface area contributed by atoms with Gasteiger partial charge in [0.15, 0.2) is 5.82 Å². The number of carbonyl (C=O) groups is 2. The molecule has 160 valence electrons. The minimum atomic E-state index is -0.951. The summed E-state index contributed by atoms with van der Waals surface area (Å²) in [7, 11) is 1.28. The number of nitrogens with zero attached hydrogens (tertiary/aromatic N) is 5. The van der Waals surface area contributed by atoms with Crippen molar-refractivity contribution in [3.63, 3.8) is 0 Å². The first-order valence-electron chi connectivity index (χ1n) is 9.33. The Balaban J connectivity index is 1.83. The highest BCUT2D eigenvalue weighted by Crippen LogP contribution is 2.31. The number of hydrogen-bond acceptors (Lipinski definition) is 8. The fourth-order valence-electron chi connectivity index (χ4n) is 3.31. The van der Waals surface area contributed by atoms with Gasteiger partial charge in [0.2, 0.25) is 0 Å². The molecule has 1 aromatic heterocycles. The Labute approximate surface area is 177 Å². The van der Waals surface area contributed by atoms with Gasteiger partial charge in [0.05, 0.1) is 20.1 Å². The number of hydrogen-bond donors (Lipinski definition) is 2. The number of carboxylic acid groups (broad SMARTS) is 1. The summed E-state index contributed by atoms with van der Waals surface area (Å²) in [4.78, 5) is 26.2. The van der Waals surface area contributed by atoms with E-state index in [1.54, 1.807) is 24.3 Å². The maximum atomic E-state index is 14.4. The molecule has 30 heavy (non-hydrogen) atoms. The van der Waals surface area contributed by atoms with Gasteiger partial charge in [0.25, 0.3) is 0 Å². The van der Waals surface area contributed by atoms with E-state index in [0.717, 1.165) is 5.57 Å². The molecule has 11 heteroatoms. The van der Waals surface area contributed by atoms with Gasteiger partial charge in [0.1, 0.15) is 11.9 Å². The molecule has 0 spiro atoms. The van der Waals surface area contributed by atoms with Gasteiger partial charge in [-0.3, -0.25) is 9.69 Å². The molecule has 1 aliphatic rings. The largest absolute Gasteiger partial charge is 0.481 e. The molecule has 2 aromatic rings. The summed E-state index contributed by atoms with van der Waals surface area (Å²) in [6.45, 7) is 0.976. The minimum absolute atomic E-state index is 0.0915. The third kappa shape index (κ3) is 5.22. The number of methoxy groups -OCH3 is 1. The van der Waals surface area contributed by atoms with Crippen molar-refractivity contribution >= 4 is 30.6 Å². The molecule has 2 atom stereocenters. The van der Waals surface area contributed by atoms with Gasteiger partial charge < -0.3 is 9.84 Å². The number of tetrazole rings is 1. The van der Waals surface area contributed by atoms with Crippen molar-refractivity contribution in [2.24, 2.45) is 0 Å². The zero-order valence-corrected chi connectivity index (χ0v) is 17.2. The van der Waals surface area contributed by atoms with Crippen molar-refractivity contribution in [1.82, 2.24) is 25.1 Å². The Morgan fingerprint density at radius 1 is 1.43 bits per heavy atom. The Morgan fingerprint density at radius 3 is 2.90 bits per heavy atom. The van der Waals surface area contributed by atoms with Crippen LogP contribution in [0.3, 0.4) is 0 Å². The first kappa shape index (κ1) is 21.9. The lowest BCUT2D eigenvalue weighted by molar-refractivity contribution is -0.147. The Kier molecular flexibility index (Phi) is 7.16. The Bertz CT molecular complexity index is 951. The molecular formula is C19H22FN5O4S. The lowest BCUT2D eigenvalue weighted by atomic mass is 9.98. The van der Waals surface area contributed by atoms with Gasteiger partial charge in [-0.2, -0.15) is 17.4 Å². The number of thiol groups is 1. The average Bonchev–Trinajstić information content (AvgIpc) is 3.17. The number of rotatable bonds is 7. The van der Waals surface area contributed by atoms with Gasteiger partial charge in [-0.1, -0.05) is 18.2 Å². The van der Waals surface area contributed by atoms with Gasteiger partial charge in [-0.05, 0) is 29.3 Å². The van der Waals surface area contributed by atoms with Gasteiger partial charge in [0, 0.05) is 23.9 Å². The summed E-state index contributed by atoms with van der Waals surface area (Å²) in [5.74, 6) is -1.66. The van der Waals surface area contributed by atoms with E-state index in [1.165, 1.54) is 18.0 Å². The normalized spacial score (nSPS) is 19.6. The third-order valence-corrected chi connectivity index (χ3v) is 5.39. The Morgan fingerprint density at radius 2 is 2.20 bits per heavy atom. The summed E-state index contributed by atoms with van der Waals surface area (Å²) in [5, 5.41) is 20.6. The second-order valence-corrected chi connectivity index (χ2v) is 7.45. The number of aromatic nitrogens is 4. The van der Waals surface area contributed by atoms with E-state index in [0.29, 0.717) is 25.3 Å². The lowest BCUT2D eigenvalue weighted by Crippen LogP contribution is -2.42. The van der Waals surface area contributed by atoms with Crippen LogP contribution in [-0.4, -0.2) is 67.6 Å². The summed E-state index contributed by atoms with van der Waals surface area (Å²) in [6.07, 6.45) is 2.23. The molecule has 3 rings (SSSR count). The molecule has 1 aromatic carbocycles. The molecule has 1 aliphatic heterocycles. The number of aryl methyl sites for hydroxylation is 1. The third-order valence-electron chi connectivity index (χ3n) is 4.80. The number of benzene rings is 1. The zero-order valence-electron chi connectivity index (χ0n) is 16.3. The number of carbonyl (C=O) groups excluding carboxylic acids is 1. The first-order valence-corrected chi connectivity index (χ1v) is 9.85. The Hall–Kier alpha value is -2.79. The molecule has 1 N–H and O–H groups in total. The van der Waals surface area contributed by atoms with Crippen LogP contribution >= 0.6 is 12.6 Å². The highest BCUT2D eigenvalue weighted by atomic mass is 32.1. The van der Waals surface area contributed by atoms with Gasteiger partial charge >= 0.3 is 11.9 Å². The number of likely N-dealkylation sites (tertiary alicyclic amines) is 1. The molecule has 0 amide bonds. The SMILES string of the molecule is COC(=O)C(c1ccccc1F)N1CCC(S)/C(=C\c2nnn(CCC(=O)O)n2)C1. The molecule has 0 radical (unpaired) electrons. The standard InChI is InChI=1S/C19H22FN5O4S/c1-29-19(28)18(13-4-2-3-5-14(13)20)24-8-6-15(30)12(11-24)10-16-21-23-25(22-16)9-7-17(26)27/h2-5,10,15,18,30H,6-9,11H2,1H3,(H,26,27)/b12-10-. The summed E-state index contributed by atoms with van der Waals surface area (Å²) in [5.41, 5.74) is 1.09. The molecular weight excluding hydrogens is 413 g/mol. The predicted molar refractivity (Wildman–Crippen MR) is 108 cm³/mol. The second-order valence-electron chi connectivity index (χ2n) is 6.83. The van der Waals surface area contributed by atoms with Crippen LogP contribution in [0.5, 0.6) is 0 Å². The molecule has 1 saturated heterocycles. The molecule has 9 nitrogen and oxygen atoms in total. The van der Waals surface area contributed by atoms with E-state index in [4.69, 9.17) is 9.84 Å². The number of ether oxygens (including phenoxy) is 1. The summed E-state index contributed by atoms with van der Waals surface area (Å²) >= 11 is 4.61. The summed E-state index contributed by atoms with van der Waals surface area (Å²) in [6, 6.07) is 5.24. The van der Waals surface area contributed by atoms with Crippen LogP contribution in [0.15, 0.2) is 29.8 Å². The molecule has 0 saturated carbocycles. The van der Waals surface area contributed by atoms with Crippen LogP contribution < -0.4 is 0 Å². The lowest BCUT2D eigenvalue weighted by Gasteiger charge is -2.36. The van der Waals surface area contributed by atoms with Crippen molar-refractivity contribution in [2.45, 2.75) is 30.7 Å². The van der Waals surface area contributed by atoms with Crippen molar-refractivity contribution in [2.75, 3.05) is 20.2 Å². The number of aliphatic carboxylic acids is 1. The van der Waals surface area contributed by atoms with Gasteiger partial charge in [-0.15, -0.1) is 10.2 Å². The number of esters is 1. The average molecular weight is 435 g/mol. The maximum absolute atomic E-state index is 14.4. The van der Waals surface area contributed by atoms with Crippen LogP contribution in [-0.2, 0) is 20.9 Å². The van der Waals surface area contributed by atoms with Crippen LogP contribution in [0.4, 0.5) is 4.39 Å². The fraction of sp³-hybridized carbons (Fsp3) is 0.421. The first-order chi connectivity index (χ1) is 14.4. The molecule has 0 aliphatic carbocycles. The van der Waals surface area contributed by atoms with Crippen LogP contribution in [0.2, 0.25) is 0 Å². The smallest absolute Gasteiger partial charge is 0.327 e.